The first-order valence-electron chi connectivity index (χ1n) is 4.21. The lowest BCUT2D eigenvalue weighted by molar-refractivity contribution is 0.0696. The SMILES string of the molecule is O=C(O)c1cc(CCCl)cc(C(=O)O)c1. The van der Waals surface area contributed by atoms with Crippen LogP contribution in [0.1, 0.15) is 26.3 Å². The number of carboxylic acids is 2. The Balaban J connectivity index is 3.19. The third-order valence-corrected chi connectivity index (χ3v) is 2.06. The van der Waals surface area contributed by atoms with Gasteiger partial charge in [-0.2, -0.15) is 0 Å². The van der Waals surface area contributed by atoms with Crippen LogP contribution in [0.25, 0.3) is 0 Å². The monoisotopic (exact) mass is 228 g/mol. The van der Waals surface area contributed by atoms with Crippen molar-refractivity contribution in [2.45, 2.75) is 6.42 Å². The first kappa shape index (κ1) is 11.5. The summed E-state index contributed by atoms with van der Waals surface area (Å²) in [6, 6.07) is 3.98. The Morgan fingerprint density at radius 3 is 1.87 bits per heavy atom. The molecule has 1 aromatic carbocycles. The summed E-state index contributed by atoms with van der Waals surface area (Å²) < 4.78 is 0. The fourth-order valence-electron chi connectivity index (χ4n) is 1.19. The van der Waals surface area contributed by atoms with Gasteiger partial charge >= 0.3 is 11.9 Å². The van der Waals surface area contributed by atoms with Gasteiger partial charge in [-0.25, -0.2) is 9.59 Å². The average molecular weight is 229 g/mol. The van der Waals surface area contributed by atoms with E-state index in [-0.39, 0.29) is 11.1 Å². The molecule has 80 valence electrons. The van der Waals surface area contributed by atoms with Crippen molar-refractivity contribution in [1.82, 2.24) is 0 Å². The lowest BCUT2D eigenvalue weighted by Crippen LogP contribution is -2.04. The number of aryl methyl sites for hydroxylation is 1. The highest BCUT2D eigenvalue weighted by Gasteiger charge is 2.10. The van der Waals surface area contributed by atoms with E-state index in [1.165, 1.54) is 12.1 Å². The van der Waals surface area contributed by atoms with Crippen molar-refractivity contribution in [2.75, 3.05) is 5.88 Å². The molecule has 0 unspecified atom stereocenters. The number of rotatable bonds is 4. The third kappa shape index (κ3) is 2.95. The van der Waals surface area contributed by atoms with E-state index >= 15 is 0 Å². The molecule has 0 bridgehead atoms. The van der Waals surface area contributed by atoms with E-state index < -0.39 is 11.9 Å². The van der Waals surface area contributed by atoms with Gasteiger partial charge in [0.05, 0.1) is 11.1 Å². The van der Waals surface area contributed by atoms with Gasteiger partial charge in [-0.3, -0.25) is 0 Å². The summed E-state index contributed by atoms with van der Waals surface area (Å²) in [5.74, 6) is -1.97. The van der Waals surface area contributed by atoms with Gasteiger partial charge in [-0.05, 0) is 30.2 Å². The smallest absolute Gasteiger partial charge is 0.335 e. The first-order valence-corrected chi connectivity index (χ1v) is 4.74. The molecule has 0 aliphatic heterocycles. The number of hydrogen-bond acceptors (Lipinski definition) is 2. The van der Waals surface area contributed by atoms with E-state index in [0.717, 1.165) is 6.07 Å². The number of hydrogen-bond donors (Lipinski definition) is 2. The van der Waals surface area contributed by atoms with Crippen LogP contribution >= 0.6 is 11.6 Å². The quantitative estimate of drug-likeness (QED) is 0.772. The summed E-state index contributed by atoms with van der Waals surface area (Å²) >= 11 is 5.51. The summed E-state index contributed by atoms with van der Waals surface area (Å²) in [4.78, 5) is 21.4. The molecule has 1 rings (SSSR count). The molecule has 0 radical (unpaired) electrons. The van der Waals surface area contributed by atoms with E-state index in [9.17, 15) is 9.59 Å². The van der Waals surface area contributed by atoms with Gasteiger partial charge in [0, 0.05) is 5.88 Å². The fraction of sp³-hybridized carbons (Fsp3) is 0.200. The number of alkyl halides is 1. The third-order valence-electron chi connectivity index (χ3n) is 1.87. The summed E-state index contributed by atoms with van der Waals surface area (Å²) in [6.45, 7) is 0. The molecule has 15 heavy (non-hydrogen) atoms. The standard InChI is InChI=1S/C10H9ClO4/c11-2-1-6-3-7(9(12)13)5-8(4-6)10(14)15/h3-5H,1-2H2,(H,12,13)(H,14,15). The Morgan fingerprint density at radius 1 is 1.07 bits per heavy atom. The molecule has 5 heteroatoms. The van der Waals surface area contributed by atoms with E-state index in [1.54, 1.807) is 0 Å². The molecular weight excluding hydrogens is 220 g/mol. The van der Waals surface area contributed by atoms with E-state index in [2.05, 4.69) is 0 Å². The van der Waals surface area contributed by atoms with Crippen molar-refractivity contribution in [3.05, 3.63) is 34.9 Å². The van der Waals surface area contributed by atoms with Crippen LogP contribution in [0.4, 0.5) is 0 Å². The van der Waals surface area contributed by atoms with Crippen molar-refractivity contribution in [1.29, 1.82) is 0 Å². The molecule has 0 aromatic heterocycles. The Labute approximate surface area is 91.1 Å². The molecule has 2 N–H and O–H groups in total. The molecule has 0 aliphatic rings. The minimum atomic E-state index is -1.14. The minimum absolute atomic E-state index is 0.0324. The zero-order valence-corrected chi connectivity index (χ0v) is 8.49. The van der Waals surface area contributed by atoms with Crippen LogP contribution in [-0.2, 0) is 6.42 Å². The van der Waals surface area contributed by atoms with Crippen LogP contribution in [0.15, 0.2) is 18.2 Å². The van der Waals surface area contributed by atoms with Gasteiger partial charge in [0.15, 0.2) is 0 Å². The predicted octanol–water partition coefficient (Wildman–Crippen LogP) is 1.86. The Kier molecular flexibility index (Phi) is 3.68. The summed E-state index contributed by atoms with van der Waals surface area (Å²) in [6.07, 6.45) is 0.447. The van der Waals surface area contributed by atoms with Crippen LogP contribution in [0.2, 0.25) is 0 Å². The normalized spacial score (nSPS) is 9.93. The Bertz CT molecular complexity index is 368. The topological polar surface area (TPSA) is 74.6 Å². The lowest BCUT2D eigenvalue weighted by Gasteiger charge is -2.03. The van der Waals surface area contributed by atoms with Gasteiger partial charge in [0.2, 0.25) is 0 Å². The highest BCUT2D eigenvalue weighted by molar-refractivity contribution is 6.18. The summed E-state index contributed by atoms with van der Waals surface area (Å²) in [7, 11) is 0. The maximum absolute atomic E-state index is 10.7. The van der Waals surface area contributed by atoms with Crippen molar-refractivity contribution in [3.8, 4) is 0 Å². The van der Waals surface area contributed by atoms with Crippen LogP contribution in [0.5, 0.6) is 0 Å². The lowest BCUT2D eigenvalue weighted by atomic mass is 10.0. The van der Waals surface area contributed by atoms with Crippen molar-refractivity contribution in [2.24, 2.45) is 0 Å². The second-order valence-electron chi connectivity index (χ2n) is 2.97. The predicted molar refractivity (Wildman–Crippen MR) is 54.8 cm³/mol. The van der Waals surface area contributed by atoms with Crippen molar-refractivity contribution >= 4 is 23.5 Å². The molecule has 0 saturated carbocycles. The summed E-state index contributed by atoms with van der Waals surface area (Å²) in [5.41, 5.74) is 0.548. The van der Waals surface area contributed by atoms with E-state index in [4.69, 9.17) is 21.8 Å². The number of halogens is 1. The molecular formula is C10H9ClO4. The molecule has 0 spiro atoms. The maximum atomic E-state index is 10.7. The zero-order valence-electron chi connectivity index (χ0n) is 7.74. The molecule has 0 atom stereocenters. The largest absolute Gasteiger partial charge is 0.478 e. The highest BCUT2D eigenvalue weighted by Crippen LogP contribution is 2.12. The van der Waals surface area contributed by atoms with Crippen molar-refractivity contribution in [3.63, 3.8) is 0 Å². The zero-order chi connectivity index (χ0) is 11.4. The molecule has 0 aliphatic carbocycles. The van der Waals surface area contributed by atoms with Gasteiger partial charge in [0.25, 0.3) is 0 Å². The van der Waals surface area contributed by atoms with Gasteiger partial charge in [-0.1, -0.05) is 0 Å². The van der Waals surface area contributed by atoms with Crippen LogP contribution in [-0.4, -0.2) is 28.0 Å². The van der Waals surface area contributed by atoms with E-state index in [0.29, 0.717) is 17.9 Å². The molecule has 0 fully saturated rings. The van der Waals surface area contributed by atoms with Gasteiger partial charge in [-0.15, -0.1) is 11.6 Å². The Morgan fingerprint density at radius 2 is 1.53 bits per heavy atom. The van der Waals surface area contributed by atoms with Crippen molar-refractivity contribution < 1.29 is 19.8 Å². The second kappa shape index (κ2) is 4.79. The summed E-state index contributed by atoms with van der Waals surface area (Å²) in [5, 5.41) is 17.5. The highest BCUT2D eigenvalue weighted by atomic mass is 35.5. The second-order valence-corrected chi connectivity index (χ2v) is 3.35. The first-order chi connectivity index (χ1) is 7.04. The van der Waals surface area contributed by atoms with Crippen LogP contribution < -0.4 is 0 Å². The number of carbonyl (C=O) groups is 2. The Hall–Kier alpha value is -1.55. The molecule has 0 saturated heterocycles. The average Bonchev–Trinajstić information content (AvgIpc) is 2.17. The van der Waals surface area contributed by atoms with Crippen LogP contribution in [0, 0.1) is 0 Å². The number of carboxylic acid groups (broad SMARTS) is 2. The molecule has 0 heterocycles. The van der Waals surface area contributed by atoms with Gasteiger partial charge in [0.1, 0.15) is 0 Å². The minimum Gasteiger partial charge on any atom is -0.478 e. The number of aromatic carboxylic acids is 2. The molecule has 0 amide bonds. The number of benzene rings is 1. The maximum Gasteiger partial charge on any atom is 0.335 e. The fourth-order valence-corrected chi connectivity index (χ4v) is 1.41. The molecule has 1 aromatic rings. The van der Waals surface area contributed by atoms with Crippen LogP contribution in [0.3, 0.4) is 0 Å². The molecule has 4 nitrogen and oxygen atoms in total. The van der Waals surface area contributed by atoms with E-state index in [1.807, 2.05) is 0 Å². The van der Waals surface area contributed by atoms with Gasteiger partial charge < -0.3 is 10.2 Å².